The van der Waals surface area contributed by atoms with Crippen LogP contribution in [-0.2, 0) is 9.53 Å². The SMILES string of the molecule is CCCCCCCCCC(=O)OCC(C)(CO)CO. The second-order valence-electron chi connectivity index (χ2n) is 5.66. The molecule has 0 rings (SSSR count). The standard InChI is InChI=1S/C15H30O4/c1-3-4-5-6-7-8-9-10-14(18)19-13-15(2,11-16)12-17/h16-17H,3-13H2,1-2H3. The quantitative estimate of drug-likeness (QED) is 0.424. The van der Waals surface area contributed by atoms with Crippen molar-refractivity contribution < 1.29 is 19.7 Å². The zero-order valence-corrected chi connectivity index (χ0v) is 12.5. The number of ether oxygens (including phenoxy) is 1. The van der Waals surface area contributed by atoms with Gasteiger partial charge in [0.15, 0.2) is 0 Å². The molecule has 0 aromatic rings. The van der Waals surface area contributed by atoms with E-state index in [1.165, 1.54) is 32.1 Å². The summed E-state index contributed by atoms with van der Waals surface area (Å²) in [4.78, 5) is 11.5. The van der Waals surface area contributed by atoms with E-state index in [-0.39, 0.29) is 25.8 Å². The van der Waals surface area contributed by atoms with Crippen molar-refractivity contribution in [3.8, 4) is 0 Å². The molecule has 0 amide bonds. The van der Waals surface area contributed by atoms with Crippen LogP contribution in [0.1, 0.15) is 65.2 Å². The van der Waals surface area contributed by atoms with Crippen molar-refractivity contribution in [2.45, 2.75) is 65.2 Å². The van der Waals surface area contributed by atoms with Gasteiger partial charge >= 0.3 is 5.97 Å². The van der Waals surface area contributed by atoms with E-state index in [4.69, 9.17) is 14.9 Å². The number of aliphatic hydroxyl groups is 2. The predicted molar refractivity (Wildman–Crippen MR) is 75.8 cm³/mol. The minimum Gasteiger partial charge on any atom is -0.465 e. The molecule has 114 valence electrons. The summed E-state index contributed by atoms with van der Waals surface area (Å²) in [6.07, 6.45) is 8.61. The first-order chi connectivity index (χ1) is 9.08. The van der Waals surface area contributed by atoms with Gasteiger partial charge in [0.2, 0.25) is 0 Å². The van der Waals surface area contributed by atoms with Crippen molar-refractivity contribution in [1.82, 2.24) is 0 Å². The van der Waals surface area contributed by atoms with Gasteiger partial charge in [0, 0.05) is 11.8 Å². The lowest BCUT2D eigenvalue weighted by Crippen LogP contribution is -2.32. The van der Waals surface area contributed by atoms with E-state index < -0.39 is 5.41 Å². The van der Waals surface area contributed by atoms with Gasteiger partial charge in [-0.05, 0) is 6.42 Å². The Morgan fingerprint density at radius 3 is 2.05 bits per heavy atom. The number of carbonyl (C=O) groups is 1. The number of esters is 1. The third-order valence-corrected chi connectivity index (χ3v) is 3.33. The summed E-state index contributed by atoms with van der Waals surface area (Å²) in [5.41, 5.74) is -0.726. The Bertz CT molecular complexity index is 224. The first-order valence-corrected chi connectivity index (χ1v) is 7.45. The molecule has 0 aliphatic carbocycles. The molecular formula is C15H30O4. The highest BCUT2D eigenvalue weighted by molar-refractivity contribution is 5.69. The van der Waals surface area contributed by atoms with Gasteiger partial charge in [-0.3, -0.25) is 4.79 Å². The third-order valence-electron chi connectivity index (χ3n) is 3.33. The normalized spacial score (nSPS) is 11.6. The third kappa shape index (κ3) is 9.91. The van der Waals surface area contributed by atoms with Gasteiger partial charge in [0.05, 0.1) is 13.2 Å². The van der Waals surface area contributed by atoms with Crippen LogP contribution in [0, 0.1) is 5.41 Å². The van der Waals surface area contributed by atoms with E-state index in [0.717, 1.165) is 12.8 Å². The fourth-order valence-corrected chi connectivity index (χ4v) is 1.69. The highest BCUT2D eigenvalue weighted by atomic mass is 16.5. The monoisotopic (exact) mass is 274 g/mol. The Hall–Kier alpha value is -0.610. The molecule has 0 heterocycles. The van der Waals surface area contributed by atoms with E-state index >= 15 is 0 Å². The summed E-state index contributed by atoms with van der Waals surface area (Å²) in [5, 5.41) is 18.1. The van der Waals surface area contributed by atoms with E-state index in [1.54, 1.807) is 6.92 Å². The van der Waals surface area contributed by atoms with Gasteiger partial charge < -0.3 is 14.9 Å². The van der Waals surface area contributed by atoms with Gasteiger partial charge in [-0.15, -0.1) is 0 Å². The molecule has 0 aromatic heterocycles. The van der Waals surface area contributed by atoms with E-state index in [2.05, 4.69) is 6.92 Å². The fraction of sp³-hybridized carbons (Fsp3) is 0.933. The van der Waals surface area contributed by atoms with Crippen LogP contribution in [0.2, 0.25) is 0 Å². The van der Waals surface area contributed by atoms with Crippen molar-refractivity contribution in [1.29, 1.82) is 0 Å². The molecule has 2 N–H and O–H groups in total. The highest BCUT2D eigenvalue weighted by Crippen LogP contribution is 2.15. The second-order valence-corrected chi connectivity index (χ2v) is 5.66. The number of hydrogen-bond acceptors (Lipinski definition) is 4. The van der Waals surface area contributed by atoms with Gasteiger partial charge in [-0.25, -0.2) is 0 Å². The molecule has 0 aromatic carbocycles. The number of rotatable bonds is 12. The molecule has 19 heavy (non-hydrogen) atoms. The fourth-order valence-electron chi connectivity index (χ4n) is 1.69. The van der Waals surface area contributed by atoms with Crippen LogP contribution in [0.3, 0.4) is 0 Å². The Kier molecular flexibility index (Phi) is 10.9. The van der Waals surface area contributed by atoms with Crippen LogP contribution in [-0.4, -0.2) is 36.0 Å². The zero-order valence-electron chi connectivity index (χ0n) is 12.5. The summed E-state index contributed by atoms with van der Waals surface area (Å²) in [6, 6.07) is 0. The molecule has 0 atom stereocenters. The Balaban J connectivity index is 3.49. The lowest BCUT2D eigenvalue weighted by atomic mass is 9.94. The summed E-state index contributed by atoms with van der Waals surface area (Å²) < 4.78 is 5.08. The second kappa shape index (κ2) is 11.2. The number of carbonyl (C=O) groups excluding carboxylic acids is 1. The van der Waals surface area contributed by atoms with Gasteiger partial charge in [-0.1, -0.05) is 52.4 Å². The molecule has 4 nitrogen and oxygen atoms in total. The maximum absolute atomic E-state index is 11.5. The maximum atomic E-state index is 11.5. The van der Waals surface area contributed by atoms with E-state index in [1.807, 2.05) is 0 Å². The minimum atomic E-state index is -0.726. The van der Waals surface area contributed by atoms with Crippen LogP contribution in [0.25, 0.3) is 0 Å². The number of aliphatic hydroxyl groups excluding tert-OH is 2. The average molecular weight is 274 g/mol. The molecular weight excluding hydrogens is 244 g/mol. The van der Waals surface area contributed by atoms with Crippen molar-refractivity contribution >= 4 is 5.97 Å². The smallest absolute Gasteiger partial charge is 0.305 e. The molecule has 0 saturated heterocycles. The van der Waals surface area contributed by atoms with Crippen LogP contribution >= 0.6 is 0 Å². The van der Waals surface area contributed by atoms with Crippen LogP contribution in [0.5, 0.6) is 0 Å². The molecule has 0 fully saturated rings. The number of unbranched alkanes of at least 4 members (excludes halogenated alkanes) is 6. The number of hydrogen-bond donors (Lipinski definition) is 2. The summed E-state index contributed by atoms with van der Waals surface area (Å²) >= 11 is 0. The average Bonchev–Trinajstić information content (AvgIpc) is 2.44. The Labute approximate surface area is 117 Å². The lowest BCUT2D eigenvalue weighted by molar-refractivity contribution is -0.149. The van der Waals surface area contributed by atoms with Crippen LogP contribution in [0.4, 0.5) is 0 Å². The topological polar surface area (TPSA) is 66.8 Å². The molecule has 0 unspecified atom stereocenters. The van der Waals surface area contributed by atoms with Gasteiger partial charge in [0.25, 0.3) is 0 Å². The largest absolute Gasteiger partial charge is 0.465 e. The molecule has 0 radical (unpaired) electrons. The van der Waals surface area contributed by atoms with Crippen LogP contribution in [0.15, 0.2) is 0 Å². The molecule has 0 bridgehead atoms. The zero-order chi connectivity index (χ0) is 14.6. The van der Waals surface area contributed by atoms with Gasteiger partial charge in [-0.2, -0.15) is 0 Å². The lowest BCUT2D eigenvalue weighted by Gasteiger charge is -2.23. The minimum absolute atomic E-state index is 0.0787. The van der Waals surface area contributed by atoms with Crippen molar-refractivity contribution in [2.75, 3.05) is 19.8 Å². The van der Waals surface area contributed by atoms with Crippen molar-refractivity contribution in [2.24, 2.45) is 5.41 Å². The molecule has 0 saturated carbocycles. The predicted octanol–water partition coefficient (Wildman–Crippen LogP) is 2.66. The summed E-state index contributed by atoms with van der Waals surface area (Å²) in [5.74, 6) is -0.235. The van der Waals surface area contributed by atoms with Crippen molar-refractivity contribution in [3.05, 3.63) is 0 Å². The molecule has 0 aliphatic heterocycles. The Morgan fingerprint density at radius 1 is 1.00 bits per heavy atom. The van der Waals surface area contributed by atoms with Crippen LogP contribution < -0.4 is 0 Å². The molecule has 0 spiro atoms. The van der Waals surface area contributed by atoms with Crippen molar-refractivity contribution in [3.63, 3.8) is 0 Å². The van der Waals surface area contributed by atoms with Gasteiger partial charge in [0.1, 0.15) is 6.61 Å². The highest BCUT2D eigenvalue weighted by Gasteiger charge is 2.24. The first kappa shape index (κ1) is 18.4. The first-order valence-electron chi connectivity index (χ1n) is 7.45. The maximum Gasteiger partial charge on any atom is 0.305 e. The molecule has 4 heteroatoms. The summed E-state index contributed by atoms with van der Waals surface area (Å²) in [6.45, 7) is 3.59. The Morgan fingerprint density at radius 2 is 1.53 bits per heavy atom. The summed E-state index contributed by atoms with van der Waals surface area (Å²) in [7, 11) is 0. The van der Waals surface area contributed by atoms with E-state index in [9.17, 15) is 4.79 Å². The van der Waals surface area contributed by atoms with E-state index in [0.29, 0.717) is 6.42 Å². The molecule has 0 aliphatic rings.